The molecule has 0 aromatic heterocycles. The summed E-state index contributed by atoms with van der Waals surface area (Å²) < 4.78 is 17.3. The quantitative estimate of drug-likeness (QED) is 0.775. The predicted octanol–water partition coefficient (Wildman–Crippen LogP) is 1.67. The molecule has 1 aromatic carbocycles. The number of aliphatic hydroxyl groups excluding tert-OH is 1. The molecule has 3 nitrogen and oxygen atoms in total. The van der Waals surface area contributed by atoms with Crippen molar-refractivity contribution in [1.29, 1.82) is 0 Å². The SMILES string of the molecule is COC(=O)C(C)C(O)c1cccc(F)c1. The average Bonchev–Trinajstić information content (AvgIpc) is 2.26. The number of methoxy groups -OCH3 is 1. The summed E-state index contributed by atoms with van der Waals surface area (Å²) in [6.07, 6.45) is -1.05. The highest BCUT2D eigenvalue weighted by atomic mass is 19.1. The maximum absolute atomic E-state index is 12.8. The smallest absolute Gasteiger partial charge is 0.311 e. The maximum atomic E-state index is 12.8. The van der Waals surface area contributed by atoms with E-state index >= 15 is 0 Å². The number of esters is 1. The summed E-state index contributed by atoms with van der Waals surface area (Å²) in [4.78, 5) is 11.1. The first-order valence-corrected chi connectivity index (χ1v) is 4.57. The van der Waals surface area contributed by atoms with Crippen molar-refractivity contribution >= 4 is 5.97 Å². The van der Waals surface area contributed by atoms with E-state index in [2.05, 4.69) is 4.74 Å². The van der Waals surface area contributed by atoms with Gasteiger partial charge in [-0.25, -0.2) is 4.39 Å². The van der Waals surface area contributed by atoms with Crippen LogP contribution in [0.15, 0.2) is 24.3 Å². The van der Waals surface area contributed by atoms with Gasteiger partial charge in [0.05, 0.1) is 19.1 Å². The summed E-state index contributed by atoms with van der Waals surface area (Å²) in [5.74, 6) is -1.67. The molecule has 0 spiro atoms. The van der Waals surface area contributed by atoms with Crippen LogP contribution in [0.3, 0.4) is 0 Å². The third-order valence-electron chi connectivity index (χ3n) is 2.24. The topological polar surface area (TPSA) is 46.5 Å². The molecule has 0 aliphatic heterocycles. The van der Waals surface area contributed by atoms with Gasteiger partial charge in [-0.2, -0.15) is 0 Å². The highest BCUT2D eigenvalue weighted by molar-refractivity contribution is 5.72. The van der Waals surface area contributed by atoms with E-state index in [1.54, 1.807) is 6.07 Å². The van der Waals surface area contributed by atoms with E-state index in [0.29, 0.717) is 5.56 Å². The van der Waals surface area contributed by atoms with Crippen molar-refractivity contribution < 1.29 is 19.0 Å². The molecule has 1 rings (SSSR count). The van der Waals surface area contributed by atoms with E-state index in [-0.39, 0.29) is 0 Å². The fraction of sp³-hybridized carbons (Fsp3) is 0.364. The van der Waals surface area contributed by atoms with Crippen LogP contribution in [0.1, 0.15) is 18.6 Å². The number of aliphatic hydroxyl groups is 1. The number of rotatable bonds is 3. The minimum Gasteiger partial charge on any atom is -0.469 e. The van der Waals surface area contributed by atoms with Crippen LogP contribution in [0, 0.1) is 11.7 Å². The highest BCUT2D eigenvalue weighted by Crippen LogP contribution is 2.23. The van der Waals surface area contributed by atoms with Gasteiger partial charge >= 0.3 is 5.97 Å². The number of carbonyl (C=O) groups excluding carboxylic acids is 1. The van der Waals surface area contributed by atoms with Gasteiger partial charge in [0.2, 0.25) is 0 Å². The van der Waals surface area contributed by atoms with Crippen LogP contribution < -0.4 is 0 Å². The van der Waals surface area contributed by atoms with Crippen molar-refractivity contribution in [2.75, 3.05) is 7.11 Å². The largest absolute Gasteiger partial charge is 0.469 e. The van der Waals surface area contributed by atoms with Gasteiger partial charge in [0, 0.05) is 0 Å². The molecule has 0 radical (unpaired) electrons. The summed E-state index contributed by atoms with van der Waals surface area (Å²) in [6.45, 7) is 1.53. The highest BCUT2D eigenvalue weighted by Gasteiger charge is 2.24. The average molecular weight is 212 g/mol. The standard InChI is InChI=1S/C11H13FO3/c1-7(11(14)15-2)10(13)8-4-3-5-9(12)6-8/h3-7,10,13H,1-2H3. The Morgan fingerprint density at radius 2 is 2.20 bits per heavy atom. The number of carbonyl (C=O) groups is 1. The van der Waals surface area contributed by atoms with Crippen LogP contribution in [0.5, 0.6) is 0 Å². The molecule has 4 heteroatoms. The fourth-order valence-electron chi connectivity index (χ4n) is 1.29. The minimum atomic E-state index is -1.05. The Morgan fingerprint density at radius 1 is 1.53 bits per heavy atom. The summed E-state index contributed by atoms with van der Waals surface area (Å²) in [7, 11) is 1.25. The van der Waals surface area contributed by atoms with Crippen LogP contribution in [0.2, 0.25) is 0 Å². The number of benzene rings is 1. The second-order valence-electron chi connectivity index (χ2n) is 3.31. The van der Waals surface area contributed by atoms with E-state index in [0.717, 1.165) is 0 Å². The van der Waals surface area contributed by atoms with E-state index in [4.69, 9.17) is 0 Å². The molecule has 2 atom stereocenters. The molecule has 0 bridgehead atoms. The number of ether oxygens (including phenoxy) is 1. The Morgan fingerprint density at radius 3 is 2.73 bits per heavy atom. The van der Waals surface area contributed by atoms with E-state index in [9.17, 15) is 14.3 Å². The lowest BCUT2D eigenvalue weighted by atomic mass is 9.97. The predicted molar refractivity (Wildman–Crippen MR) is 52.5 cm³/mol. The molecular formula is C11H13FO3. The number of hydrogen-bond donors (Lipinski definition) is 1. The number of hydrogen-bond acceptors (Lipinski definition) is 3. The van der Waals surface area contributed by atoms with Crippen LogP contribution in [-0.4, -0.2) is 18.2 Å². The molecule has 0 saturated heterocycles. The molecule has 15 heavy (non-hydrogen) atoms. The number of halogens is 1. The van der Waals surface area contributed by atoms with Crippen LogP contribution >= 0.6 is 0 Å². The van der Waals surface area contributed by atoms with Gasteiger partial charge in [-0.3, -0.25) is 4.79 Å². The summed E-state index contributed by atoms with van der Waals surface area (Å²) in [5.41, 5.74) is 0.368. The van der Waals surface area contributed by atoms with E-state index in [1.165, 1.54) is 32.2 Å². The monoisotopic (exact) mass is 212 g/mol. The first-order valence-electron chi connectivity index (χ1n) is 4.57. The molecule has 0 fully saturated rings. The third-order valence-corrected chi connectivity index (χ3v) is 2.24. The van der Waals surface area contributed by atoms with E-state index in [1.807, 2.05) is 0 Å². The van der Waals surface area contributed by atoms with Crippen molar-refractivity contribution in [1.82, 2.24) is 0 Å². The second-order valence-corrected chi connectivity index (χ2v) is 3.31. The first kappa shape index (κ1) is 11.7. The van der Waals surface area contributed by atoms with Crippen molar-refractivity contribution in [3.8, 4) is 0 Å². The maximum Gasteiger partial charge on any atom is 0.311 e. The van der Waals surface area contributed by atoms with Crippen molar-refractivity contribution in [2.24, 2.45) is 5.92 Å². The molecule has 0 heterocycles. The van der Waals surface area contributed by atoms with Gasteiger partial charge in [-0.05, 0) is 24.6 Å². The Hall–Kier alpha value is -1.42. The van der Waals surface area contributed by atoms with Crippen LogP contribution in [0.4, 0.5) is 4.39 Å². The fourth-order valence-corrected chi connectivity index (χ4v) is 1.29. The van der Waals surface area contributed by atoms with Gasteiger partial charge in [-0.15, -0.1) is 0 Å². The van der Waals surface area contributed by atoms with Gasteiger partial charge in [0.25, 0.3) is 0 Å². The first-order chi connectivity index (χ1) is 7.06. The Kier molecular flexibility index (Phi) is 3.80. The molecule has 82 valence electrons. The van der Waals surface area contributed by atoms with Crippen molar-refractivity contribution in [3.63, 3.8) is 0 Å². The van der Waals surface area contributed by atoms with Gasteiger partial charge in [0.15, 0.2) is 0 Å². The summed E-state index contributed by atoms with van der Waals surface area (Å²) in [5, 5.41) is 9.75. The van der Waals surface area contributed by atoms with Gasteiger partial charge in [-0.1, -0.05) is 12.1 Å². The van der Waals surface area contributed by atoms with Crippen molar-refractivity contribution in [3.05, 3.63) is 35.6 Å². The van der Waals surface area contributed by atoms with Crippen molar-refractivity contribution in [2.45, 2.75) is 13.0 Å². The molecule has 0 amide bonds. The zero-order valence-corrected chi connectivity index (χ0v) is 8.61. The zero-order valence-electron chi connectivity index (χ0n) is 8.61. The summed E-state index contributed by atoms with van der Waals surface area (Å²) >= 11 is 0. The lowest BCUT2D eigenvalue weighted by Gasteiger charge is -2.16. The molecule has 2 unspecified atom stereocenters. The lowest BCUT2D eigenvalue weighted by Crippen LogP contribution is -2.20. The second kappa shape index (κ2) is 4.89. The van der Waals surface area contributed by atoms with Gasteiger partial charge < -0.3 is 9.84 Å². The van der Waals surface area contributed by atoms with Crippen LogP contribution in [0.25, 0.3) is 0 Å². The third kappa shape index (κ3) is 2.76. The van der Waals surface area contributed by atoms with Gasteiger partial charge in [0.1, 0.15) is 5.82 Å². The Balaban J connectivity index is 2.84. The van der Waals surface area contributed by atoms with Crippen LogP contribution in [-0.2, 0) is 9.53 Å². The Labute approximate surface area is 87.5 Å². The molecular weight excluding hydrogens is 199 g/mol. The molecule has 0 aliphatic carbocycles. The minimum absolute atomic E-state index is 0.368. The Bertz CT molecular complexity index is 351. The summed E-state index contributed by atoms with van der Waals surface area (Å²) in [6, 6.07) is 5.52. The zero-order chi connectivity index (χ0) is 11.4. The molecule has 1 N–H and O–H groups in total. The van der Waals surface area contributed by atoms with E-state index < -0.39 is 23.8 Å². The lowest BCUT2D eigenvalue weighted by molar-refractivity contribution is -0.148. The molecule has 1 aromatic rings. The molecule has 0 aliphatic rings. The normalized spacial score (nSPS) is 14.4. The molecule has 0 saturated carbocycles.